The van der Waals surface area contributed by atoms with Crippen LogP contribution >= 0.6 is 0 Å². The summed E-state index contributed by atoms with van der Waals surface area (Å²) >= 11 is 0. The van der Waals surface area contributed by atoms with E-state index in [4.69, 9.17) is 9.73 Å². The van der Waals surface area contributed by atoms with Crippen LogP contribution in [0.1, 0.15) is 43.5 Å². The van der Waals surface area contributed by atoms with Crippen LogP contribution in [-0.4, -0.2) is 43.3 Å². The van der Waals surface area contributed by atoms with Crippen LogP contribution in [0.2, 0.25) is 0 Å². The van der Waals surface area contributed by atoms with Crippen LogP contribution in [0.4, 0.5) is 5.82 Å². The standard InChI is InChI=1S/C23H33N5O/c1-5-24-23(27-19(4)21-9-7-6-8-17(21)2)26-15-20-10-11-25-22(14-20)28-12-13-29-18(3)16-28/h6-11,14,18-19H,5,12-13,15-16H2,1-4H3,(H2,24,26,27). The number of aromatic nitrogens is 1. The van der Waals surface area contributed by atoms with Crippen LogP contribution in [0.5, 0.6) is 0 Å². The Hall–Kier alpha value is -2.60. The normalized spacial score (nSPS) is 18.4. The zero-order valence-electron chi connectivity index (χ0n) is 18.0. The molecule has 2 unspecified atom stereocenters. The van der Waals surface area contributed by atoms with Crippen LogP contribution in [0.15, 0.2) is 47.6 Å². The highest BCUT2D eigenvalue weighted by Crippen LogP contribution is 2.18. The summed E-state index contributed by atoms with van der Waals surface area (Å²) in [7, 11) is 0. The van der Waals surface area contributed by atoms with Crippen molar-refractivity contribution in [2.24, 2.45) is 4.99 Å². The lowest BCUT2D eigenvalue weighted by Gasteiger charge is -2.32. The van der Waals surface area contributed by atoms with Crippen molar-refractivity contribution in [1.29, 1.82) is 0 Å². The van der Waals surface area contributed by atoms with Gasteiger partial charge in [-0.1, -0.05) is 24.3 Å². The third-order valence-corrected chi connectivity index (χ3v) is 5.15. The molecule has 29 heavy (non-hydrogen) atoms. The van der Waals surface area contributed by atoms with E-state index in [1.165, 1.54) is 11.1 Å². The van der Waals surface area contributed by atoms with E-state index in [1.807, 2.05) is 12.3 Å². The van der Waals surface area contributed by atoms with E-state index in [-0.39, 0.29) is 12.1 Å². The molecule has 0 radical (unpaired) electrons. The van der Waals surface area contributed by atoms with Crippen molar-refractivity contribution in [3.05, 3.63) is 59.3 Å². The first-order chi connectivity index (χ1) is 14.1. The highest BCUT2D eigenvalue weighted by atomic mass is 16.5. The minimum atomic E-state index is 0.178. The van der Waals surface area contributed by atoms with E-state index in [9.17, 15) is 0 Å². The van der Waals surface area contributed by atoms with Crippen LogP contribution in [0, 0.1) is 6.92 Å². The van der Waals surface area contributed by atoms with Crippen molar-refractivity contribution in [3.8, 4) is 0 Å². The number of nitrogens with zero attached hydrogens (tertiary/aromatic N) is 3. The van der Waals surface area contributed by atoms with E-state index in [0.717, 1.165) is 43.6 Å². The molecule has 0 aliphatic carbocycles. The van der Waals surface area contributed by atoms with Crippen molar-refractivity contribution in [2.45, 2.75) is 46.4 Å². The fraction of sp³-hybridized carbons (Fsp3) is 0.478. The van der Waals surface area contributed by atoms with E-state index < -0.39 is 0 Å². The van der Waals surface area contributed by atoms with Gasteiger partial charge in [0, 0.05) is 25.8 Å². The summed E-state index contributed by atoms with van der Waals surface area (Å²) in [4.78, 5) is 11.6. The number of rotatable bonds is 6. The molecule has 1 saturated heterocycles. The topological polar surface area (TPSA) is 61.8 Å². The predicted octanol–water partition coefficient (Wildman–Crippen LogP) is 3.43. The molecule has 1 aromatic heterocycles. The first-order valence-electron chi connectivity index (χ1n) is 10.5. The van der Waals surface area contributed by atoms with E-state index in [1.54, 1.807) is 0 Å². The predicted molar refractivity (Wildman–Crippen MR) is 119 cm³/mol. The van der Waals surface area contributed by atoms with E-state index >= 15 is 0 Å². The first kappa shape index (κ1) is 21.1. The maximum Gasteiger partial charge on any atom is 0.192 e. The highest BCUT2D eigenvalue weighted by Gasteiger charge is 2.18. The van der Waals surface area contributed by atoms with Crippen molar-refractivity contribution < 1.29 is 4.74 Å². The number of nitrogens with one attached hydrogen (secondary N) is 2. The fourth-order valence-electron chi connectivity index (χ4n) is 3.60. The van der Waals surface area contributed by atoms with Gasteiger partial charge in [-0.2, -0.15) is 0 Å². The number of anilines is 1. The number of benzene rings is 1. The van der Waals surface area contributed by atoms with Gasteiger partial charge in [0.05, 0.1) is 25.3 Å². The number of hydrogen-bond acceptors (Lipinski definition) is 4. The summed E-state index contributed by atoms with van der Waals surface area (Å²) in [6.07, 6.45) is 2.11. The molecule has 6 heteroatoms. The molecular weight excluding hydrogens is 362 g/mol. The average molecular weight is 396 g/mol. The number of aliphatic imine (C=N–C) groups is 1. The Morgan fingerprint density at radius 3 is 2.93 bits per heavy atom. The van der Waals surface area contributed by atoms with Crippen LogP contribution in [0.3, 0.4) is 0 Å². The molecule has 1 aromatic carbocycles. The SMILES string of the molecule is CCNC(=NCc1ccnc(N2CCOC(C)C2)c1)NC(C)c1ccccc1C. The third-order valence-electron chi connectivity index (χ3n) is 5.15. The van der Waals surface area contributed by atoms with Crippen LogP contribution < -0.4 is 15.5 Å². The molecule has 2 atom stereocenters. The second-order valence-corrected chi connectivity index (χ2v) is 7.57. The van der Waals surface area contributed by atoms with Gasteiger partial charge in [0.2, 0.25) is 0 Å². The summed E-state index contributed by atoms with van der Waals surface area (Å²) in [6, 6.07) is 12.8. The summed E-state index contributed by atoms with van der Waals surface area (Å²) in [6.45, 7) is 12.4. The molecule has 6 nitrogen and oxygen atoms in total. The molecule has 2 heterocycles. The monoisotopic (exact) mass is 395 g/mol. The maximum absolute atomic E-state index is 5.64. The number of hydrogen-bond donors (Lipinski definition) is 2. The Morgan fingerprint density at radius 2 is 2.17 bits per heavy atom. The van der Waals surface area contributed by atoms with Gasteiger partial charge in [-0.3, -0.25) is 0 Å². The second kappa shape index (κ2) is 10.3. The minimum Gasteiger partial charge on any atom is -0.375 e. The van der Waals surface area contributed by atoms with Gasteiger partial charge in [0.25, 0.3) is 0 Å². The number of morpholine rings is 1. The summed E-state index contributed by atoms with van der Waals surface area (Å²) in [5.74, 6) is 1.82. The largest absolute Gasteiger partial charge is 0.375 e. The summed E-state index contributed by atoms with van der Waals surface area (Å²) < 4.78 is 5.64. The van der Waals surface area contributed by atoms with Gasteiger partial charge >= 0.3 is 0 Å². The Kier molecular flexibility index (Phi) is 7.47. The lowest BCUT2D eigenvalue weighted by atomic mass is 10.0. The molecule has 2 aromatic rings. The van der Waals surface area contributed by atoms with Crippen molar-refractivity contribution >= 4 is 11.8 Å². The average Bonchev–Trinajstić information content (AvgIpc) is 2.72. The molecule has 1 fully saturated rings. The third kappa shape index (κ3) is 5.94. The molecule has 0 saturated carbocycles. The van der Waals surface area contributed by atoms with Gasteiger partial charge in [-0.15, -0.1) is 0 Å². The maximum atomic E-state index is 5.64. The van der Waals surface area contributed by atoms with E-state index in [0.29, 0.717) is 6.54 Å². The van der Waals surface area contributed by atoms with Crippen molar-refractivity contribution in [2.75, 3.05) is 31.1 Å². The Morgan fingerprint density at radius 1 is 1.34 bits per heavy atom. The minimum absolute atomic E-state index is 0.178. The molecule has 1 aliphatic rings. The van der Waals surface area contributed by atoms with E-state index in [2.05, 4.69) is 78.5 Å². The van der Waals surface area contributed by atoms with Crippen LogP contribution in [-0.2, 0) is 11.3 Å². The molecule has 1 aliphatic heterocycles. The number of guanidine groups is 1. The fourth-order valence-corrected chi connectivity index (χ4v) is 3.60. The lowest BCUT2D eigenvalue weighted by molar-refractivity contribution is 0.0529. The van der Waals surface area contributed by atoms with Gasteiger partial charge in [0.1, 0.15) is 5.82 Å². The lowest BCUT2D eigenvalue weighted by Crippen LogP contribution is -2.41. The van der Waals surface area contributed by atoms with Gasteiger partial charge < -0.3 is 20.3 Å². The summed E-state index contributed by atoms with van der Waals surface area (Å²) in [5.41, 5.74) is 3.71. The first-order valence-corrected chi connectivity index (χ1v) is 10.5. The molecule has 0 spiro atoms. The Bertz CT molecular complexity index is 822. The Balaban J connectivity index is 1.68. The zero-order valence-corrected chi connectivity index (χ0v) is 18.0. The Labute approximate surface area is 174 Å². The molecule has 0 bridgehead atoms. The number of aryl methyl sites for hydroxylation is 1. The zero-order chi connectivity index (χ0) is 20.6. The molecule has 0 amide bonds. The van der Waals surface area contributed by atoms with Crippen molar-refractivity contribution in [3.63, 3.8) is 0 Å². The molecule has 3 rings (SSSR count). The van der Waals surface area contributed by atoms with Crippen LogP contribution in [0.25, 0.3) is 0 Å². The number of ether oxygens (including phenoxy) is 1. The second-order valence-electron chi connectivity index (χ2n) is 7.57. The van der Waals surface area contributed by atoms with Gasteiger partial charge in [-0.25, -0.2) is 9.98 Å². The van der Waals surface area contributed by atoms with Crippen molar-refractivity contribution in [1.82, 2.24) is 15.6 Å². The highest BCUT2D eigenvalue weighted by molar-refractivity contribution is 5.80. The molecule has 156 valence electrons. The summed E-state index contributed by atoms with van der Waals surface area (Å²) in [5, 5.41) is 6.88. The molecule has 2 N–H and O–H groups in total. The van der Waals surface area contributed by atoms with Gasteiger partial charge in [0.15, 0.2) is 5.96 Å². The molecular formula is C23H33N5O. The number of pyridine rings is 1. The quantitative estimate of drug-likeness (QED) is 0.580. The van der Waals surface area contributed by atoms with Gasteiger partial charge in [-0.05, 0) is 56.5 Å². The smallest absolute Gasteiger partial charge is 0.192 e.